The molecule has 5 nitrogen and oxygen atoms in total. The van der Waals surface area contributed by atoms with E-state index in [9.17, 15) is 14.7 Å². The summed E-state index contributed by atoms with van der Waals surface area (Å²) < 4.78 is 10.7. The molecule has 0 fully saturated rings. The summed E-state index contributed by atoms with van der Waals surface area (Å²) in [5.74, 6) is -0.639. The van der Waals surface area contributed by atoms with Gasteiger partial charge in [0.2, 0.25) is 0 Å². The zero-order valence-corrected chi connectivity index (χ0v) is 49.0. The largest absolute Gasteiger partial charge is 0.462 e. The number of carbonyl (C=O) groups excluding carboxylic acids is 2. The maximum absolute atomic E-state index is 12.3. The summed E-state index contributed by atoms with van der Waals surface area (Å²) in [6.07, 6.45) is 94.9. The highest BCUT2D eigenvalue weighted by molar-refractivity contribution is 5.70. The molecule has 0 saturated carbocycles. The predicted octanol–water partition coefficient (Wildman–Crippen LogP) is 21.8. The van der Waals surface area contributed by atoms with Crippen molar-refractivity contribution in [2.45, 2.75) is 296 Å². The topological polar surface area (TPSA) is 72.8 Å². The summed E-state index contributed by atoms with van der Waals surface area (Å²) >= 11 is 0. The first-order chi connectivity index (χ1) is 37.1. The van der Waals surface area contributed by atoms with Gasteiger partial charge in [-0.25, -0.2) is 0 Å². The van der Waals surface area contributed by atoms with Gasteiger partial charge in [-0.15, -0.1) is 0 Å². The van der Waals surface area contributed by atoms with Crippen LogP contribution in [-0.4, -0.2) is 36.4 Å². The Hall–Kier alpha value is -3.70. The van der Waals surface area contributed by atoms with Crippen molar-refractivity contribution < 1.29 is 24.2 Å². The van der Waals surface area contributed by atoms with Crippen molar-refractivity contribution >= 4 is 11.9 Å². The van der Waals surface area contributed by atoms with Gasteiger partial charge in [-0.3, -0.25) is 9.59 Å². The molecular weight excluding hydrogens is 921 g/mol. The SMILES string of the molecule is CC/C=C\C/C=C\C/C=C\C/C=C\C/C=C\C/C=C\C/C=C\C/C=C\C/C=C\C/C=C\CCCCC(=O)OC(CO)COC(=O)CCCCCCCCCCCCCCCCCCCCCCCCCCCCCC. The van der Waals surface area contributed by atoms with Crippen LogP contribution >= 0.6 is 0 Å². The van der Waals surface area contributed by atoms with Gasteiger partial charge in [0.15, 0.2) is 6.10 Å². The average molecular weight is 1040 g/mol. The van der Waals surface area contributed by atoms with Crippen molar-refractivity contribution in [3.8, 4) is 0 Å². The van der Waals surface area contributed by atoms with E-state index in [0.717, 1.165) is 103 Å². The van der Waals surface area contributed by atoms with Gasteiger partial charge in [-0.2, -0.15) is 0 Å². The van der Waals surface area contributed by atoms with E-state index in [1.165, 1.54) is 161 Å². The summed E-state index contributed by atoms with van der Waals surface area (Å²) in [6, 6.07) is 0. The Morgan fingerprint density at radius 3 is 0.867 bits per heavy atom. The molecule has 0 amide bonds. The fraction of sp³-hybridized carbons (Fsp3) is 0.686. The van der Waals surface area contributed by atoms with E-state index >= 15 is 0 Å². The number of unbranched alkanes of at least 4 members (excludes halogenated alkanes) is 29. The van der Waals surface area contributed by atoms with Gasteiger partial charge in [0.05, 0.1) is 6.61 Å². The van der Waals surface area contributed by atoms with Crippen molar-refractivity contribution in [3.05, 3.63) is 122 Å². The first-order valence-corrected chi connectivity index (χ1v) is 31.6. The fourth-order valence-corrected chi connectivity index (χ4v) is 8.82. The Kier molecular flexibility index (Phi) is 61.4. The van der Waals surface area contributed by atoms with Gasteiger partial charge in [0.25, 0.3) is 0 Å². The number of aliphatic hydroxyl groups is 1. The van der Waals surface area contributed by atoms with E-state index in [1.54, 1.807) is 0 Å². The third-order valence-electron chi connectivity index (χ3n) is 13.5. The number of ether oxygens (including phenoxy) is 2. The molecule has 428 valence electrons. The van der Waals surface area contributed by atoms with Crippen LogP contribution in [0.1, 0.15) is 290 Å². The minimum absolute atomic E-state index is 0.0879. The molecule has 1 unspecified atom stereocenters. The van der Waals surface area contributed by atoms with Crippen LogP contribution in [0.25, 0.3) is 0 Å². The molecule has 0 rings (SSSR count). The Morgan fingerprint density at radius 1 is 0.320 bits per heavy atom. The Labute approximate surface area is 464 Å². The second kappa shape index (κ2) is 64.6. The minimum atomic E-state index is -0.804. The highest BCUT2D eigenvalue weighted by atomic mass is 16.6. The van der Waals surface area contributed by atoms with E-state index in [0.29, 0.717) is 12.8 Å². The number of aliphatic hydroxyl groups excluding tert-OH is 1. The van der Waals surface area contributed by atoms with Crippen molar-refractivity contribution in [1.29, 1.82) is 0 Å². The summed E-state index contributed by atoms with van der Waals surface area (Å²) in [5.41, 5.74) is 0. The summed E-state index contributed by atoms with van der Waals surface area (Å²) in [6.45, 7) is 4.02. The standard InChI is InChI=1S/C70H118O5/c1-3-5-7-9-11-13-15-17-19-21-23-25-27-29-31-33-34-35-36-37-39-41-43-45-47-49-51-53-55-57-59-61-63-65-70(73)75-68(66-71)67-74-69(72)64-62-60-58-56-54-52-50-48-46-44-42-40-38-32-30-28-26-24-22-20-18-16-14-12-10-8-6-4-2/h5,7,11,13,17,19,23,25,29,31,34-35,37,39,43,45,49,51,55,57,68,71H,3-4,6,8-10,12,14-16,18,20-22,24,26-28,30,32-33,36,38,40-42,44,46-48,50,52-54,56,58-67H2,1-2H3/b7-5-,13-11-,19-17-,25-23-,31-29-,35-34-,39-37-,45-43-,51-49-,57-55-. The maximum atomic E-state index is 12.3. The molecule has 0 aromatic heterocycles. The van der Waals surface area contributed by atoms with Crippen molar-refractivity contribution in [2.75, 3.05) is 13.2 Å². The van der Waals surface area contributed by atoms with Crippen molar-refractivity contribution in [3.63, 3.8) is 0 Å². The molecule has 75 heavy (non-hydrogen) atoms. The van der Waals surface area contributed by atoms with Crippen molar-refractivity contribution in [1.82, 2.24) is 0 Å². The molecule has 0 spiro atoms. The lowest BCUT2D eigenvalue weighted by molar-refractivity contribution is -0.161. The summed E-state index contributed by atoms with van der Waals surface area (Å²) in [4.78, 5) is 24.6. The van der Waals surface area contributed by atoms with Crippen LogP contribution in [0.4, 0.5) is 0 Å². The molecule has 0 aliphatic carbocycles. The lowest BCUT2D eigenvalue weighted by atomic mass is 10.0. The van der Waals surface area contributed by atoms with Crippen LogP contribution in [0.2, 0.25) is 0 Å². The zero-order chi connectivity index (χ0) is 54.1. The van der Waals surface area contributed by atoms with Crippen LogP contribution in [0, 0.1) is 0 Å². The second-order valence-electron chi connectivity index (χ2n) is 20.8. The molecule has 0 aromatic carbocycles. The average Bonchev–Trinajstić information content (AvgIpc) is 3.41. The zero-order valence-electron chi connectivity index (χ0n) is 49.0. The molecule has 0 radical (unpaired) electrons. The maximum Gasteiger partial charge on any atom is 0.306 e. The molecule has 0 aliphatic rings. The van der Waals surface area contributed by atoms with E-state index in [4.69, 9.17) is 9.47 Å². The molecule has 1 atom stereocenters. The molecule has 0 bridgehead atoms. The summed E-state index contributed by atoms with van der Waals surface area (Å²) in [5, 5.41) is 9.67. The third-order valence-corrected chi connectivity index (χ3v) is 13.5. The molecular formula is C70H118O5. The summed E-state index contributed by atoms with van der Waals surface area (Å²) in [7, 11) is 0. The molecule has 0 aliphatic heterocycles. The van der Waals surface area contributed by atoms with Gasteiger partial charge in [-0.1, -0.05) is 309 Å². The highest BCUT2D eigenvalue weighted by Gasteiger charge is 2.16. The van der Waals surface area contributed by atoms with Crippen LogP contribution < -0.4 is 0 Å². The molecule has 0 heterocycles. The molecule has 1 N–H and O–H groups in total. The van der Waals surface area contributed by atoms with Crippen LogP contribution in [0.15, 0.2) is 122 Å². The first kappa shape index (κ1) is 71.3. The lowest BCUT2D eigenvalue weighted by Crippen LogP contribution is -2.28. The smallest absolute Gasteiger partial charge is 0.306 e. The quantitative estimate of drug-likeness (QED) is 0.0373. The van der Waals surface area contributed by atoms with E-state index in [-0.39, 0.29) is 25.2 Å². The second-order valence-corrected chi connectivity index (χ2v) is 20.8. The molecule has 5 heteroatoms. The van der Waals surface area contributed by atoms with Gasteiger partial charge in [0, 0.05) is 12.8 Å². The monoisotopic (exact) mass is 1040 g/mol. The number of carbonyl (C=O) groups is 2. The van der Waals surface area contributed by atoms with Crippen molar-refractivity contribution in [2.24, 2.45) is 0 Å². The Morgan fingerprint density at radius 2 is 0.573 bits per heavy atom. The van der Waals surface area contributed by atoms with Gasteiger partial charge in [-0.05, 0) is 89.9 Å². The normalized spacial score (nSPS) is 13.1. The van der Waals surface area contributed by atoms with E-state index < -0.39 is 6.10 Å². The van der Waals surface area contributed by atoms with E-state index in [1.807, 2.05) is 0 Å². The number of esters is 2. The number of rotatable bonds is 57. The van der Waals surface area contributed by atoms with Gasteiger partial charge >= 0.3 is 11.9 Å². The first-order valence-electron chi connectivity index (χ1n) is 31.6. The lowest BCUT2D eigenvalue weighted by Gasteiger charge is -2.15. The van der Waals surface area contributed by atoms with Gasteiger partial charge < -0.3 is 14.6 Å². The number of allylic oxidation sites excluding steroid dienone is 20. The predicted molar refractivity (Wildman–Crippen MR) is 329 cm³/mol. The molecule has 0 aromatic rings. The Balaban J connectivity index is 3.59. The van der Waals surface area contributed by atoms with E-state index in [2.05, 4.69) is 135 Å². The highest BCUT2D eigenvalue weighted by Crippen LogP contribution is 2.17. The van der Waals surface area contributed by atoms with Crippen LogP contribution in [0.3, 0.4) is 0 Å². The Bertz CT molecular complexity index is 1500. The van der Waals surface area contributed by atoms with Crippen LogP contribution in [0.5, 0.6) is 0 Å². The number of hydrogen-bond acceptors (Lipinski definition) is 5. The third kappa shape index (κ3) is 62.7. The molecule has 0 saturated heterocycles. The number of hydrogen-bond donors (Lipinski definition) is 1. The fourth-order valence-electron chi connectivity index (χ4n) is 8.82. The minimum Gasteiger partial charge on any atom is -0.462 e. The van der Waals surface area contributed by atoms with Gasteiger partial charge in [0.1, 0.15) is 6.61 Å². The van der Waals surface area contributed by atoms with Crippen LogP contribution in [-0.2, 0) is 19.1 Å².